The first kappa shape index (κ1) is 35.1. The summed E-state index contributed by atoms with van der Waals surface area (Å²) in [6.07, 6.45) is 0.942. The summed E-state index contributed by atoms with van der Waals surface area (Å²) >= 11 is 0. The van der Waals surface area contributed by atoms with E-state index in [1.54, 1.807) is 47.6 Å². The Labute approximate surface area is 256 Å². The molecule has 2 aromatic carbocycles. The quantitative estimate of drug-likeness (QED) is 0.269. The third-order valence-electron chi connectivity index (χ3n) is 6.28. The number of ether oxygens (including phenoxy) is 2. The summed E-state index contributed by atoms with van der Waals surface area (Å²) in [4.78, 5) is 55.3. The molecule has 3 amide bonds. The van der Waals surface area contributed by atoms with Gasteiger partial charge in [0.25, 0.3) is 0 Å². The van der Waals surface area contributed by atoms with Crippen LogP contribution >= 0.6 is 0 Å². The molecule has 0 bridgehead atoms. The van der Waals surface area contributed by atoms with Crippen LogP contribution in [0.25, 0.3) is 0 Å². The molecule has 3 atom stereocenters. The number of hydrogen-bond donors (Lipinski definition) is 2. The average Bonchev–Trinajstić information content (AvgIpc) is 2.87. The molecular weight excluding hydrogens is 546 g/mol. The van der Waals surface area contributed by atoms with Crippen LogP contribution in [0.4, 0.5) is 4.79 Å². The zero-order valence-corrected chi connectivity index (χ0v) is 26.9. The highest BCUT2D eigenvalue weighted by molar-refractivity contribution is 5.94. The van der Waals surface area contributed by atoms with Crippen molar-refractivity contribution in [3.63, 3.8) is 0 Å². The topological polar surface area (TPSA) is 114 Å². The van der Waals surface area contributed by atoms with Crippen molar-refractivity contribution in [3.8, 4) is 0 Å². The standard InChI is InChI=1S/C34H47N3O6/c1-11-19-37(30(39)24(4)35-32(41)43-34(8,9)10)28(26-18-17-22(2)20-23(26)3)29(38)36-27(31(40)42-33(5,6)7)21-25-15-13-12-14-16-25/h11-18,20,24,27-28H,1,19,21H2,2-10H3,(H,35,41)(H,36,38). The van der Waals surface area contributed by atoms with Crippen LogP contribution in [0.3, 0.4) is 0 Å². The van der Waals surface area contributed by atoms with Gasteiger partial charge >= 0.3 is 12.1 Å². The molecule has 0 saturated carbocycles. The number of rotatable bonds is 11. The van der Waals surface area contributed by atoms with Gasteiger partial charge in [-0.2, -0.15) is 0 Å². The number of aryl methyl sites for hydroxylation is 2. The molecule has 43 heavy (non-hydrogen) atoms. The van der Waals surface area contributed by atoms with E-state index in [4.69, 9.17) is 9.47 Å². The van der Waals surface area contributed by atoms with E-state index in [1.807, 2.05) is 56.3 Å². The Morgan fingerprint density at radius 2 is 1.51 bits per heavy atom. The minimum Gasteiger partial charge on any atom is -0.458 e. The van der Waals surface area contributed by atoms with E-state index in [0.717, 1.165) is 16.7 Å². The van der Waals surface area contributed by atoms with Gasteiger partial charge in [0, 0.05) is 13.0 Å². The maximum Gasteiger partial charge on any atom is 0.408 e. The molecule has 0 saturated heterocycles. The summed E-state index contributed by atoms with van der Waals surface area (Å²) in [7, 11) is 0. The van der Waals surface area contributed by atoms with Crippen LogP contribution in [0.2, 0.25) is 0 Å². The molecule has 2 aromatic rings. The second-order valence-electron chi connectivity index (χ2n) is 12.7. The van der Waals surface area contributed by atoms with Gasteiger partial charge in [0.05, 0.1) is 0 Å². The molecule has 0 aliphatic rings. The lowest BCUT2D eigenvalue weighted by atomic mass is 9.96. The number of benzene rings is 2. The maximum absolute atomic E-state index is 14.2. The number of alkyl carbamates (subject to hydrolysis) is 1. The predicted octanol–water partition coefficient (Wildman–Crippen LogP) is 5.34. The third-order valence-corrected chi connectivity index (χ3v) is 6.28. The molecule has 0 aliphatic heterocycles. The Hall–Kier alpha value is -4.14. The third kappa shape index (κ3) is 11.2. The smallest absolute Gasteiger partial charge is 0.408 e. The Bertz CT molecular complexity index is 1290. The highest BCUT2D eigenvalue weighted by atomic mass is 16.6. The molecular formula is C34H47N3O6. The van der Waals surface area contributed by atoms with E-state index < -0.39 is 53.2 Å². The van der Waals surface area contributed by atoms with E-state index in [9.17, 15) is 19.2 Å². The lowest BCUT2D eigenvalue weighted by Gasteiger charge is -2.34. The van der Waals surface area contributed by atoms with Gasteiger partial charge < -0.3 is 25.0 Å². The van der Waals surface area contributed by atoms with Crippen LogP contribution in [0.5, 0.6) is 0 Å². The summed E-state index contributed by atoms with van der Waals surface area (Å²) in [5.74, 6) is -1.69. The highest BCUT2D eigenvalue weighted by Gasteiger charge is 2.37. The van der Waals surface area contributed by atoms with Crippen LogP contribution in [0.15, 0.2) is 61.2 Å². The molecule has 0 radical (unpaired) electrons. The molecule has 2 rings (SSSR count). The molecule has 0 spiro atoms. The van der Waals surface area contributed by atoms with Crippen LogP contribution in [0.1, 0.15) is 76.8 Å². The summed E-state index contributed by atoms with van der Waals surface area (Å²) in [6.45, 7) is 19.6. The fraction of sp³-hybridized carbons (Fsp3) is 0.471. The minimum atomic E-state index is -1.14. The highest BCUT2D eigenvalue weighted by Crippen LogP contribution is 2.27. The Kier molecular flexibility index (Phi) is 12.1. The number of hydrogen-bond acceptors (Lipinski definition) is 6. The van der Waals surface area contributed by atoms with Gasteiger partial charge in [0.1, 0.15) is 29.3 Å². The number of esters is 1. The van der Waals surface area contributed by atoms with Crippen LogP contribution in [-0.2, 0) is 30.3 Å². The van der Waals surface area contributed by atoms with Crippen molar-refractivity contribution >= 4 is 23.9 Å². The van der Waals surface area contributed by atoms with Crippen LogP contribution < -0.4 is 10.6 Å². The Balaban J connectivity index is 2.53. The fourth-order valence-corrected chi connectivity index (χ4v) is 4.51. The Morgan fingerprint density at radius 3 is 2.05 bits per heavy atom. The summed E-state index contributed by atoms with van der Waals surface area (Å²) < 4.78 is 11.0. The number of carbonyl (C=O) groups excluding carboxylic acids is 4. The number of amides is 3. The normalized spacial score (nSPS) is 13.6. The monoisotopic (exact) mass is 593 g/mol. The summed E-state index contributed by atoms with van der Waals surface area (Å²) in [5.41, 5.74) is 1.63. The maximum atomic E-state index is 14.2. The molecule has 0 fully saturated rings. The lowest BCUT2D eigenvalue weighted by Crippen LogP contribution is -2.54. The summed E-state index contributed by atoms with van der Waals surface area (Å²) in [6, 6.07) is 11.7. The molecule has 234 valence electrons. The second kappa shape index (κ2) is 14.8. The minimum absolute atomic E-state index is 0.000361. The first-order valence-corrected chi connectivity index (χ1v) is 14.5. The largest absolute Gasteiger partial charge is 0.458 e. The van der Waals surface area contributed by atoms with Crippen molar-refractivity contribution < 1.29 is 28.7 Å². The average molecular weight is 594 g/mol. The molecule has 9 nitrogen and oxygen atoms in total. The SMILES string of the molecule is C=CCN(C(=O)C(C)NC(=O)OC(C)(C)C)C(C(=O)NC(Cc1ccccc1)C(=O)OC(C)(C)C)c1ccc(C)cc1C. The van der Waals surface area contributed by atoms with E-state index in [-0.39, 0.29) is 13.0 Å². The molecule has 0 aromatic heterocycles. The molecule has 9 heteroatoms. The van der Waals surface area contributed by atoms with Gasteiger partial charge in [-0.3, -0.25) is 9.59 Å². The summed E-state index contributed by atoms with van der Waals surface area (Å²) in [5, 5.41) is 5.45. The van der Waals surface area contributed by atoms with E-state index in [0.29, 0.717) is 5.56 Å². The fourth-order valence-electron chi connectivity index (χ4n) is 4.51. The molecule has 3 unspecified atom stereocenters. The number of nitrogens with one attached hydrogen (secondary N) is 2. The second-order valence-corrected chi connectivity index (χ2v) is 12.7. The molecule has 0 heterocycles. The molecule has 2 N–H and O–H groups in total. The number of nitrogens with zero attached hydrogens (tertiary/aromatic N) is 1. The zero-order valence-electron chi connectivity index (χ0n) is 26.9. The van der Waals surface area contributed by atoms with E-state index in [1.165, 1.54) is 17.9 Å². The van der Waals surface area contributed by atoms with E-state index >= 15 is 0 Å². The van der Waals surface area contributed by atoms with Crippen molar-refractivity contribution in [2.24, 2.45) is 0 Å². The van der Waals surface area contributed by atoms with Crippen molar-refractivity contribution in [3.05, 3.63) is 83.4 Å². The van der Waals surface area contributed by atoms with Crippen molar-refractivity contribution in [2.45, 2.75) is 98.1 Å². The molecule has 0 aliphatic carbocycles. The predicted molar refractivity (Wildman–Crippen MR) is 167 cm³/mol. The van der Waals surface area contributed by atoms with Crippen molar-refractivity contribution in [2.75, 3.05) is 6.54 Å². The Morgan fingerprint density at radius 1 is 0.907 bits per heavy atom. The number of carbonyl (C=O) groups is 4. The van der Waals surface area contributed by atoms with Crippen molar-refractivity contribution in [1.82, 2.24) is 15.5 Å². The van der Waals surface area contributed by atoms with E-state index in [2.05, 4.69) is 17.2 Å². The first-order valence-electron chi connectivity index (χ1n) is 14.5. The lowest BCUT2D eigenvalue weighted by molar-refractivity contribution is -0.159. The van der Waals surface area contributed by atoms with Gasteiger partial charge in [0.2, 0.25) is 11.8 Å². The van der Waals surface area contributed by atoms with Gasteiger partial charge in [-0.25, -0.2) is 9.59 Å². The van der Waals surface area contributed by atoms with Crippen LogP contribution in [-0.4, -0.2) is 58.6 Å². The zero-order chi connectivity index (χ0) is 32.5. The van der Waals surface area contributed by atoms with Crippen LogP contribution in [0, 0.1) is 13.8 Å². The van der Waals surface area contributed by atoms with Crippen molar-refractivity contribution in [1.29, 1.82) is 0 Å². The van der Waals surface area contributed by atoms with Gasteiger partial charge in [0.15, 0.2) is 0 Å². The van der Waals surface area contributed by atoms with Gasteiger partial charge in [-0.15, -0.1) is 6.58 Å². The van der Waals surface area contributed by atoms with Gasteiger partial charge in [-0.05, 0) is 79.0 Å². The van der Waals surface area contributed by atoms with Gasteiger partial charge in [-0.1, -0.05) is 60.2 Å². The first-order chi connectivity index (χ1) is 19.9.